The van der Waals surface area contributed by atoms with Gasteiger partial charge in [0.25, 0.3) is 0 Å². The third kappa shape index (κ3) is 5.89. The van der Waals surface area contributed by atoms with Gasteiger partial charge < -0.3 is 15.1 Å². The van der Waals surface area contributed by atoms with Crippen molar-refractivity contribution < 1.29 is 18.2 Å². The standard InChI is InChI=1S/C22H26FN3O3S/c1-2-17-7-9-18(10-8-17)24-21(27)15-30(29)16-22(28)26-13-11-25(12-14-26)20-6-4-3-5-19(20)23/h3-10H,2,11-16H2,1H3,(H,24,27)/t30-/m1/s1. The van der Waals surface area contributed by atoms with E-state index < -0.39 is 10.8 Å². The fourth-order valence-electron chi connectivity index (χ4n) is 3.35. The van der Waals surface area contributed by atoms with Crippen molar-refractivity contribution in [2.45, 2.75) is 13.3 Å². The van der Waals surface area contributed by atoms with Crippen molar-refractivity contribution in [1.82, 2.24) is 4.90 Å². The molecule has 160 valence electrons. The Bertz CT molecular complexity index is 912. The minimum Gasteiger partial charge on any atom is -0.366 e. The number of anilines is 2. The zero-order valence-corrected chi connectivity index (χ0v) is 17.8. The molecule has 2 aromatic carbocycles. The molecule has 1 N–H and O–H groups in total. The van der Waals surface area contributed by atoms with Gasteiger partial charge in [-0.3, -0.25) is 13.8 Å². The highest BCUT2D eigenvalue weighted by Gasteiger charge is 2.24. The van der Waals surface area contributed by atoms with Crippen molar-refractivity contribution >= 4 is 34.0 Å². The predicted molar refractivity (Wildman–Crippen MR) is 118 cm³/mol. The highest BCUT2D eigenvalue weighted by molar-refractivity contribution is 7.86. The average molecular weight is 432 g/mol. The molecule has 0 radical (unpaired) electrons. The van der Waals surface area contributed by atoms with Gasteiger partial charge in [0, 0.05) is 42.7 Å². The fraction of sp³-hybridized carbons (Fsp3) is 0.364. The van der Waals surface area contributed by atoms with Gasteiger partial charge in [0.15, 0.2) is 0 Å². The lowest BCUT2D eigenvalue weighted by Crippen LogP contribution is -2.50. The third-order valence-corrected chi connectivity index (χ3v) is 6.20. The molecule has 1 saturated heterocycles. The van der Waals surface area contributed by atoms with Crippen molar-refractivity contribution in [3.05, 3.63) is 59.9 Å². The van der Waals surface area contributed by atoms with E-state index >= 15 is 0 Å². The highest BCUT2D eigenvalue weighted by Crippen LogP contribution is 2.20. The number of amides is 2. The number of halogens is 1. The Labute approximate surface area is 178 Å². The molecule has 0 saturated carbocycles. The molecule has 0 unspecified atom stereocenters. The number of carbonyl (C=O) groups is 2. The lowest BCUT2D eigenvalue weighted by Gasteiger charge is -2.36. The number of carbonyl (C=O) groups excluding carboxylic acids is 2. The second-order valence-electron chi connectivity index (χ2n) is 7.15. The van der Waals surface area contributed by atoms with Crippen LogP contribution in [0, 0.1) is 5.82 Å². The number of hydrogen-bond acceptors (Lipinski definition) is 4. The molecule has 2 amide bonds. The maximum absolute atomic E-state index is 13.9. The second-order valence-corrected chi connectivity index (χ2v) is 8.60. The minimum absolute atomic E-state index is 0.193. The lowest BCUT2D eigenvalue weighted by atomic mass is 10.1. The number of aryl methyl sites for hydroxylation is 1. The third-order valence-electron chi connectivity index (χ3n) is 5.05. The Morgan fingerprint density at radius 2 is 1.67 bits per heavy atom. The Morgan fingerprint density at radius 3 is 2.30 bits per heavy atom. The predicted octanol–water partition coefficient (Wildman–Crippen LogP) is 2.42. The smallest absolute Gasteiger partial charge is 0.237 e. The van der Waals surface area contributed by atoms with Crippen LogP contribution in [0.15, 0.2) is 48.5 Å². The van der Waals surface area contributed by atoms with Crippen LogP contribution in [-0.4, -0.2) is 58.6 Å². The second kappa shape index (κ2) is 10.3. The molecule has 3 rings (SSSR count). The summed E-state index contributed by atoms with van der Waals surface area (Å²) in [6.45, 7) is 3.93. The summed E-state index contributed by atoms with van der Waals surface area (Å²) in [5.74, 6) is -1.33. The first-order valence-electron chi connectivity index (χ1n) is 9.97. The first-order chi connectivity index (χ1) is 14.5. The quantitative estimate of drug-likeness (QED) is 0.731. The van der Waals surface area contributed by atoms with Crippen LogP contribution in [0.2, 0.25) is 0 Å². The Hall–Kier alpha value is -2.74. The van der Waals surface area contributed by atoms with Crippen LogP contribution in [0.25, 0.3) is 0 Å². The zero-order valence-electron chi connectivity index (χ0n) is 17.0. The van der Waals surface area contributed by atoms with E-state index in [0.29, 0.717) is 37.6 Å². The summed E-state index contributed by atoms with van der Waals surface area (Å²) in [6, 6.07) is 14.0. The largest absolute Gasteiger partial charge is 0.366 e. The first-order valence-corrected chi connectivity index (χ1v) is 11.5. The number of piperazine rings is 1. The summed E-state index contributed by atoms with van der Waals surface area (Å²) in [5.41, 5.74) is 2.33. The molecule has 0 bridgehead atoms. The zero-order chi connectivity index (χ0) is 21.5. The summed E-state index contributed by atoms with van der Waals surface area (Å²) < 4.78 is 26.2. The number of para-hydroxylation sites is 1. The van der Waals surface area contributed by atoms with Gasteiger partial charge in [0.2, 0.25) is 11.8 Å². The Morgan fingerprint density at radius 1 is 1.00 bits per heavy atom. The van der Waals surface area contributed by atoms with Gasteiger partial charge in [-0.15, -0.1) is 0 Å². The van der Waals surface area contributed by atoms with E-state index in [1.54, 1.807) is 35.2 Å². The molecule has 0 aromatic heterocycles. The summed E-state index contributed by atoms with van der Waals surface area (Å²) >= 11 is 0. The molecular formula is C22H26FN3O3S. The Kier molecular flexibility index (Phi) is 7.57. The van der Waals surface area contributed by atoms with Gasteiger partial charge in [0.1, 0.15) is 17.3 Å². The van der Waals surface area contributed by atoms with E-state index in [2.05, 4.69) is 5.32 Å². The van der Waals surface area contributed by atoms with Crippen LogP contribution >= 0.6 is 0 Å². The minimum atomic E-state index is -1.59. The van der Waals surface area contributed by atoms with Gasteiger partial charge in [-0.05, 0) is 36.2 Å². The fourth-order valence-corrected chi connectivity index (χ4v) is 4.28. The van der Waals surface area contributed by atoms with E-state index in [1.165, 1.54) is 6.07 Å². The van der Waals surface area contributed by atoms with Gasteiger partial charge in [-0.2, -0.15) is 0 Å². The topological polar surface area (TPSA) is 69.7 Å². The summed E-state index contributed by atoms with van der Waals surface area (Å²) in [7, 11) is -1.59. The average Bonchev–Trinajstić information content (AvgIpc) is 2.74. The molecule has 0 spiro atoms. The van der Waals surface area contributed by atoms with Crippen LogP contribution in [0.3, 0.4) is 0 Å². The molecule has 30 heavy (non-hydrogen) atoms. The van der Waals surface area contributed by atoms with Gasteiger partial charge >= 0.3 is 0 Å². The van der Waals surface area contributed by atoms with Crippen LogP contribution in [-0.2, 0) is 26.8 Å². The molecule has 8 heteroatoms. The maximum Gasteiger partial charge on any atom is 0.237 e. The molecule has 1 heterocycles. The molecule has 0 aliphatic carbocycles. The monoisotopic (exact) mass is 431 g/mol. The van der Waals surface area contributed by atoms with Crippen molar-refractivity contribution in [3.8, 4) is 0 Å². The molecule has 1 fully saturated rings. The molecule has 1 aliphatic rings. The van der Waals surface area contributed by atoms with Gasteiger partial charge in [-0.25, -0.2) is 4.39 Å². The van der Waals surface area contributed by atoms with Crippen LogP contribution < -0.4 is 10.2 Å². The number of benzene rings is 2. The van der Waals surface area contributed by atoms with E-state index in [1.807, 2.05) is 24.0 Å². The normalized spacial score (nSPS) is 15.0. The van der Waals surface area contributed by atoms with Crippen molar-refractivity contribution in [3.63, 3.8) is 0 Å². The number of rotatable bonds is 7. The SMILES string of the molecule is CCc1ccc(NC(=O)C[S@@](=O)CC(=O)N2CCN(c3ccccc3F)CC2)cc1. The van der Waals surface area contributed by atoms with E-state index in [9.17, 15) is 18.2 Å². The highest BCUT2D eigenvalue weighted by atomic mass is 32.2. The molecule has 1 aliphatic heterocycles. The Balaban J connectivity index is 1.43. The first kappa shape index (κ1) is 22.0. The summed E-state index contributed by atoms with van der Waals surface area (Å²) in [6.07, 6.45) is 0.912. The van der Waals surface area contributed by atoms with Crippen molar-refractivity contribution in [2.24, 2.45) is 0 Å². The molecule has 2 aromatic rings. The molecular weight excluding hydrogens is 405 g/mol. The summed E-state index contributed by atoms with van der Waals surface area (Å²) in [5, 5.41) is 2.71. The van der Waals surface area contributed by atoms with Crippen LogP contribution in [0.4, 0.5) is 15.8 Å². The number of hydrogen-bond donors (Lipinski definition) is 1. The lowest BCUT2D eigenvalue weighted by molar-refractivity contribution is -0.128. The van der Waals surface area contributed by atoms with E-state index in [4.69, 9.17) is 0 Å². The molecule has 6 nitrogen and oxygen atoms in total. The molecule has 1 atom stereocenters. The van der Waals surface area contributed by atoms with Crippen molar-refractivity contribution in [2.75, 3.05) is 47.9 Å². The van der Waals surface area contributed by atoms with Crippen LogP contribution in [0.1, 0.15) is 12.5 Å². The van der Waals surface area contributed by atoms with E-state index in [-0.39, 0.29) is 29.1 Å². The van der Waals surface area contributed by atoms with E-state index in [0.717, 1.165) is 12.0 Å². The number of nitrogens with one attached hydrogen (secondary N) is 1. The maximum atomic E-state index is 13.9. The number of nitrogens with zero attached hydrogens (tertiary/aromatic N) is 2. The van der Waals surface area contributed by atoms with Crippen LogP contribution in [0.5, 0.6) is 0 Å². The van der Waals surface area contributed by atoms with Crippen molar-refractivity contribution in [1.29, 1.82) is 0 Å². The van der Waals surface area contributed by atoms with Gasteiger partial charge in [0.05, 0.1) is 5.69 Å². The van der Waals surface area contributed by atoms with Gasteiger partial charge in [-0.1, -0.05) is 31.2 Å². The summed E-state index contributed by atoms with van der Waals surface area (Å²) in [4.78, 5) is 28.1.